The van der Waals surface area contributed by atoms with Crippen LogP contribution in [0.15, 0.2) is 28.7 Å². The van der Waals surface area contributed by atoms with Gasteiger partial charge in [0.25, 0.3) is 0 Å². The third kappa shape index (κ3) is 4.30. The maximum absolute atomic E-state index is 11.6. The maximum atomic E-state index is 11.6. The number of piperazine rings is 1. The summed E-state index contributed by atoms with van der Waals surface area (Å²) in [5.41, 5.74) is 1.24. The lowest BCUT2D eigenvalue weighted by Gasteiger charge is -2.37. The molecule has 2 rings (SSSR count). The first-order valence-electron chi connectivity index (χ1n) is 6.94. The minimum Gasteiger partial charge on any atom is -0.466 e. The highest BCUT2D eigenvalue weighted by Crippen LogP contribution is 2.21. The van der Waals surface area contributed by atoms with E-state index in [9.17, 15) is 4.79 Å². The third-order valence-corrected chi connectivity index (χ3v) is 3.98. The molecule has 0 aromatic heterocycles. The number of carbonyl (C=O) groups is 1. The summed E-state index contributed by atoms with van der Waals surface area (Å²) in [5.74, 6) is -0.130. The van der Waals surface area contributed by atoms with Gasteiger partial charge in [0.15, 0.2) is 0 Å². The standard InChI is InChI=1S/C15H21BrN2O2/c1-3-20-15(19)8-13-9-18(2)10-14(17-13)11-4-6-12(16)7-5-11/h4-7,13-14,17H,3,8-10H2,1-2H3/t13-,14-/m0/s1. The molecule has 0 amide bonds. The Morgan fingerprint density at radius 1 is 1.40 bits per heavy atom. The van der Waals surface area contributed by atoms with Crippen LogP contribution in [0, 0.1) is 0 Å². The van der Waals surface area contributed by atoms with Crippen molar-refractivity contribution < 1.29 is 9.53 Å². The number of likely N-dealkylation sites (N-methyl/N-ethyl adjacent to an activating group) is 1. The van der Waals surface area contributed by atoms with Crippen molar-refractivity contribution in [1.29, 1.82) is 0 Å². The molecular formula is C15H21BrN2O2. The average Bonchev–Trinajstić information content (AvgIpc) is 2.39. The molecule has 0 saturated carbocycles. The minimum atomic E-state index is -0.130. The second-order valence-corrected chi connectivity index (χ2v) is 6.11. The van der Waals surface area contributed by atoms with E-state index in [0.29, 0.717) is 13.0 Å². The Morgan fingerprint density at radius 3 is 2.75 bits per heavy atom. The van der Waals surface area contributed by atoms with Crippen molar-refractivity contribution in [3.8, 4) is 0 Å². The number of carbonyl (C=O) groups excluding carboxylic acids is 1. The van der Waals surface area contributed by atoms with Crippen LogP contribution in [0.2, 0.25) is 0 Å². The van der Waals surface area contributed by atoms with Gasteiger partial charge in [0, 0.05) is 29.6 Å². The van der Waals surface area contributed by atoms with Gasteiger partial charge in [0.1, 0.15) is 0 Å². The molecule has 1 heterocycles. The Morgan fingerprint density at radius 2 is 2.10 bits per heavy atom. The zero-order chi connectivity index (χ0) is 14.5. The summed E-state index contributed by atoms with van der Waals surface area (Å²) in [6, 6.07) is 8.71. The molecule has 0 radical (unpaired) electrons. The SMILES string of the molecule is CCOC(=O)C[C@H]1CN(C)C[C@@H](c2ccc(Br)cc2)N1. The molecule has 1 fully saturated rings. The summed E-state index contributed by atoms with van der Waals surface area (Å²) in [7, 11) is 2.09. The molecule has 0 unspecified atom stereocenters. The fourth-order valence-electron chi connectivity index (χ4n) is 2.59. The minimum absolute atomic E-state index is 0.130. The van der Waals surface area contributed by atoms with Crippen LogP contribution >= 0.6 is 15.9 Å². The van der Waals surface area contributed by atoms with Crippen molar-refractivity contribution in [2.75, 3.05) is 26.7 Å². The Balaban J connectivity index is 2.00. The summed E-state index contributed by atoms with van der Waals surface area (Å²) in [6.45, 7) is 4.09. The Bertz CT molecular complexity index is 450. The number of nitrogens with zero attached hydrogens (tertiary/aromatic N) is 1. The number of hydrogen-bond acceptors (Lipinski definition) is 4. The molecular weight excluding hydrogens is 320 g/mol. The summed E-state index contributed by atoms with van der Waals surface area (Å²) in [4.78, 5) is 13.9. The normalized spacial score (nSPS) is 23.6. The summed E-state index contributed by atoms with van der Waals surface area (Å²) in [6.07, 6.45) is 0.422. The van der Waals surface area contributed by atoms with Crippen molar-refractivity contribution in [2.45, 2.75) is 25.4 Å². The van der Waals surface area contributed by atoms with Crippen molar-refractivity contribution in [2.24, 2.45) is 0 Å². The topological polar surface area (TPSA) is 41.6 Å². The molecule has 5 heteroatoms. The van der Waals surface area contributed by atoms with Crippen LogP contribution in [0.1, 0.15) is 24.9 Å². The molecule has 1 saturated heterocycles. The van der Waals surface area contributed by atoms with Crippen LogP contribution < -0.4 is 5.32 Å². The maximum Gasteiger partial charge on any atom is 0.307 e. The molecule has 1 aliphatic heterocycles. The zero-order valence-corrected chi connectivity index (χ0v) is 13.5. The van der Waals surface area contributed by atoms with E-state index >= 15 is 0 Å². The van der Waals surface area contributed by atoms with E-state index in [1.807, 2.05) is 19.1 Å². The molecule has 1 aromatic rings. The van der Waals surface area contributed by atoms with E-state index in [-0.39, 0.29) is 18.1 Å². The lowest BCUT2D eigenvalue weighted by atomic mass is 10.0. The lowest BCUT2D eigenvalue weighted by Crippen LogP contribution is -2.51. The highest BCUT2D eigenvalue weighted by molar-refractivity contribution is 9.10. The van der Waals surface area contributed by atoms with Crippen molar-refractivity contribution in [3.05, 3.63) is 34.3 Å². The van der Waals surface area contributed by atoms with Gasteiger partial charge in [-0.2, -0.15) is 0 Å². The van der Waals surface area contributed by atoms with Crippen LogP contribution in [0.3, 0.4) is 0 Å². The monoisotopic (exact) mass is 340 g/mol. The van der Waals surface area contributed by atoms with Gasteiger partial charge in [0.2, 0.25) is 0 Å². The van der Waals surface area contributed by atoms with Gasteiger partial charge in [-0.05, 0) is 31.7 Å². The Labute approximate surface area is 128 Å². The number of esters is 1. The number of ether oxygens (including phenoxy) is 1. The highest BCUT2D eigenvalue weighted by atomic mass is 79.9. The fraction of sp³-hybridized carbons (Fsp3) is 0.533. The number of rotatable bonds is 4. The van der Waals surface area contributed by atoms with Crippen LogP contribution in [-0.4, -0.2) is 43.7 Å². The molecule has 2 atom stereocenters. The molecule has 1 aromatic carbocycles. The fourth-order valence-corrected chi connectivity index (χ4v) is 2.86. The number of halogens is 1. The first kappa shape index (κ1) is 15.5. The molecule has 0 bridgehead atoms. The van der Waals surface area contributed by atoms with Crippen LogP contribution in [0.25, 0.3) is 0 Å². The predicted octanol–water partition coefficient (Wildman–Crippen LogP) is 2.35. The molecule has 1 N–H and O–H groups in total. The van der Waals surface area contributed by atoms with Gasteiger partial charge in [-0.3, -0.25) is 4.79 Å². The van der Waals surface area contributed by atoms with Gasteiger partial charge >= 0.3 is 5.97 Å². The van der Waals surface area contributed by atoms with Crippen molar-refractivity contribution in [3.63, 3.8) is 0 Å². The summed E-state index contributed by atoms with van der Waals surface area (Å²) < 4.78 is 6.11. The van der Waals surface area contributed by atoms with Gasteiger partial charge in [-0.15, -0.1) is 0 Å². The highest BCUT2D eigenvalue weighted by Gasteiger charge is 2.27. The quantitative estimate of drug-likeness (QED) is 0.854. The first-order valence-corrected chi connectivity index (χ1v) is 7.73. The molecule has 0 aliphatic carbocycles. The van der Waals surface area contributed by atoms with Crippen molar-refractivity contribution >= 4 is 21.9 Å². The number of benzene rings is 1. The van der Waals surface area contributed by atoms with E-state index in [2.05, 4.69) is 45.3 Å². The molecule has 0 spiro atoms. The van der Waals surface area contributed by atoms with Crippen LogP contribution in [0.5, 0.6) is 0 Å². The van der Waals surface area contributed by atoms with E-state index in [0.717, 1.165) is 17.6 Å². The summed E-state index contributed by atoms with van der Waals surface area (Å²) >= 11 is 3.45. The van der Waals surface area contributed by atoms with Crippen molar-refractivity contribution in [1.82, 2.24) is 10.2 Å². The molecule has 1 aliphatic rings. The third-order valence-electron chi connectivity index (χ3n) is 3.45. The van der Waals surface area contributed by atoms with Gasteiger partial charge in [-0.25, -0.2) is 0 Å². The molecule has 110 valence electrons. The smallest absolute Gasteiger partial charge is 0.307 e. The second kappa shape index (κ2) is 7.20. The van der Waals surface area contributed by atoms with Gasteiger partial charge in [0.05, 0.1) is 13.0 Å². The van der Waals surface area contributed by atoms with Gasteiger partial charge < -0.3 is 15.0 Å². The Kier molecular flexibility index (Phi) is 5.57. The van der Waals surface area contributed by atoms with Crippen LogP contribution in [0.4, 0.5) is 0 Å². The molecule has 20 heavy (non-hydrogen) atoms. The lowest BCUT2D eigenvalue weighted by molar-refractivity contribution is -0.144. The van der Waals surface area contributed by atoms with Gasteiger partial charge in [-0.1, -0.05) is 28.1 Å². The second-order valence-electron chi connectivity index (χ2n) is 5.20. The predicted molar refractivity (Wildman–Crippen MR) is 82.6 cm³/mol. The first-order chi connectivity index (χ1) is 9.58. The van der Waals surface area contributed by atoms with E-state index in [4.69, 9.17) is 4.74 Å². The summed E-state index contributed by atoms with van der Waals surface area (Å²) in [5, 5.41) is 3.55. The van der Waals surface area contributed by atoms with E-state index in [1.54, 1.807) is 0 Å². The van der Waals surface area contributed by atoms with E-state index in [1.165, 1.54) is 5.56 Å². The average molecular weight is 341 g/mol. The Hall–Kier alpha value is -0.910. The molecule has 4 nitrogen and oxygen atoms in total. The number of hydrogen-bond donors (Lipinski definition) is 1. The van der Waals surface area contributed by atoms with Crippen LogP contribution in [-0.2, 0) is 9.53 Å². The number of nitrogens with one attached hydrogen (secondary N) is 1. The van der Waals surface area contributed by atoms with E-state index < -0.39 is 0 Å². The largest absolute Gasteiger partial charge is 0.466 e. The zero-order valence-electron chi connectivity index (χ0n) is 11.9.